The third-order valence-corrected chi connectivity index (χ3v) is 2.71. The summed E-state index contributed by atoms with van der Waals surface area (Å²) in [4.78, 5) is 2.33. The Labute approximate surface area is 101 Å². The van der Waals surface area contributed by atoms with Crippen LogP contribution in [-0.4, -0.2) is 48.3 Å². The molecule has 0 saturated carbocycles. The third-order valence-electron chi connectivity index (χ3n) is 2.71. The molecular weight excluding hydrogens is 200 g/mol. The summed E-state index contributed by atoms with van der Waals surface area (Å²) in [5.74, 6) is 0.698. The van der Waals surface area contributed by atoms with Crippen molar-refractivity contribution in [1.82, 2.24) is 10.2 Å². The minimum absolute atomic E-state index is 0.153. The first-order valence-corrected chi connectivity index (χ1v) is 6.36. The molecule has 1 unspecified atom stereocenters. The standard InChI is InChI=1S/C13H30N2O/c1-11(2)9-15(6)8-7-13(5,10-16)14-12(3)4/h11-12,14,16H,7-10H2,1-6H3. The number of hydrogen-bond acceptors (Lipinski definition) is 3. The summed E-state index contributed by atoms with van der Waals surface area (Å²) < 4.78 is 0. The van der Waals surface area contributed by atoms with Crippen LogP contribution in [0.5, 0.6) is 0 Å². The van der Waals surface area contributed by atoms with Crippen molar-refractivity contribution >= 4 is 0 Å². The van der Waals surface area contributed by atoms with E-state index in [0.717, 1.165) is 19.5 Å². The van der Waals surface area contributed by atoms with Crippen LogP contribution in [-0.2, 0) is 0 Å². The second-order valence-corrected chi connectivity index (χ2v) is 5.92. The second kappa shape index (κ2) is 7.25. The van der Waals surface area contributed by atoms with Gasteiger partial charge in [-0.05, 0) is 32.9 Å². The molecule has 0 aliphatic rings. The Morgan fingerprint density at radius 1 is 1.25 bits per heavy atom. The average Bonchev–Trinajstić information content (AvgIpc) is 2.13. The fourth-order valence-corrected chi connectivity index (χ4v) is 2.05. The van der Waals surface area contributed by atoms with Crippen molar-refractivity contribution in [2.24, 2.45) is 5.92 Å². The number of aliphatic hydroxyl groups excluding tert-OH is 1. The lowest BCUT2D eigenvalue weighted by molar-refractivity contribution is 0.141. The van der Waals surface area contributed by atoms with Gasteiger partial charge >= 0.3 is 0 Å². The van der Waals surface area contributed by atoms with E-state index in [4.69, 9.17) is 0 Å². The van der Waals surface area contributed by atoms with Crippen molar-refractivity contribution in [2.75, 3.05) is 26.7 Å². The minimum Gasteiger partial charge on any atom is -0.394 e. The van der Waals surface area contributed by atoms with E-state index in [0.29, 0.717) is 12.0 Å². The van der Waals surface area contributed by atoms with E-state index in [1.54, 1.807) is 0 Å². The molecule has 0 heterocycles. The molecule has 0 aromatic heterocycles. The van der Waals surface area contributed by atoms with Gasteiger partial charge in [-0.3, -0.25) is 0 Å². The van der Waals surface area contributed by atoms with Crippen LogP contribution in [0.2, 0.25) is 0 Å². The summed E-state index contributed by atoms with van der Waals surface area (Å²) in [6.45, 7) is 13.1. The Morgan fingerprint density at radius 3 is 2.19 bits per heavy atom. The molecule has 0 aliphatic heterocycles. The van der Waals surface area contributed by atoms with Crippen molar-refractivity contribution in [3.05, 3.63) is 0 Å². The monoisotopic (exact) mass is 230 g/mol. The van der Waals surface area contributed by atoms with Gasteiger partial charge in [0.1, 0.15) is 0 Å². The zero-order valence-corrected chi connectivity index (χ0v) is 11.9. The largest absolute Gasteiger partial charge is 0.394 e. The number of nitrogens with zero attached hydrogens (tertiary/aromatic N) is 1. The summed E-state index contributed by atoms with van der Waals surface area (Å²) in [6, 6.07) is 0.410. The Morgan fingerprint density at radius 2 is 1.81 bits per heavy atom. The molecule has 0 bridgehead atoms. The van der Waals surface area contributed by atoms with Gasteiger partial charge in [-0.2, -0.15) is 0 Å². The lowest BCUT2D eigenvalue weighted by Gasteiger charge is -2.33. The van der Waals surface area contributed by atoms with Gasteiger partial charge in [-0.15, -0.1) is 0 Å². The maximum Gasteiger partial charge on any atom is 0.0611 e. The highest BCUT2D eigenvalue weighted by Gasteiger charge is 2.23. The smallest absolute Gasteiger partial charge is 0.0611 e. The maximum atomic E-state index is 9.45. The Bertz CT molecular complexity index is 183. The molecule has 3 heteroatoms. The van der Waals surface area contributed by atoms with E-state index in [1.165, 1.54) is 0 Å². The quantitative estimate of drug-likeness (QED) is 0.666. The van der Waals surface area contributed by atoms with E-state index in [1.807, 2.05) is 0 Å². The maximum absolute atomic E-state index is 9.45. The van der Waals surface area contributed by atoms with Crippen LogP contribution in [0.1, 0.15) is 41.0 Å². The molecule has 16 heavy (non-hydrogen) atoms. The summed E-state index contributed by atoms with van der Waals surface area (Å²) in [6.07, 6.45) is 0.977. The van der Waals surface area contributed by atoms with Crippen LogP contribution < -0.4 is 5.32 Å². The summed E-state index contributed by atoms with van der Waals surface area (Å²) in [5, 5.41) is 12.9. The molecule has 3 nitrogen and oxygen atoms in total. The fraction of sp³-hybridized carbons (Fsp3) is 1.00. The Balaban J connectivity index is 4.02. The van der Waals surface area contributed by atoms with E-state index in [2.05, 4.69) is 51.9 Å². The first-order valence-electron chi connectivity index (χ1n) is 6.36. The molecule has 0 amide bonds. The van der Waals surface area contributed by atoms with E-state index in [-0.39, 0.29) is 12.1 Å². The number of rotatable bonds is 8. The van der Waals surface area contributed by atoms with Crippen LogP contribution >= 0.6 is 0 Å². The first kappa shape index (κ1) is 15.9. The molecule has 0 rings (SSSR count). The second-order valence-electron chi connectivity index (χ2n) is 5.92. The topological polar surface area (TPSA) is 35.5 Å². The molecule has 0 spiro atoms. The predicted octanol–water partition coefficient (Wildman–Crippen LogP) is 1.71. The molecule has 0 aromatic carbocycles. The van der Waals surface area contributed by atoms with Crippen LogP contribution in [0.4, 0.5) is 0 Å². The molecule has 0 saturated heterocycles. The minimum atomic E-state index is -0.153. The summed E-state index contributed by atoms with van der Waals surface area (Å²) in [7, 11) is 2.15. The normalized spacial score (nSPS) is 16.1. The molecular formula is C13H30N2O. The highest BCUT2D eigenvalue weighted by atomic mass is 16.3. The van der Waals surface area contributed by atoms with E-state index in [9.17, 15) is 5.11 Å². The van der Waals surface area contributed by atoms with Gasteiger partial charge in [0.15, 0.2) is 0 Å². The lowest BCUT2D eigenvalue weighted by atomic mass is 9.97. The van der Waals surface area contributed by atoms with Crippen LogP contribution in [0.25, 0.3) is 0 Å². The van der Waals surface area contributed by atoms with Gasteiger partial charge in [-0.25, -0.2) is 0 Å². The van der Waals surface area contributed by atoms with Crippen LogP contribution in [0.15, 0.2) is 0 Å². The molecule has 1 atom stereocenters. The van der Waals surface area contributed by atoms with Crippen LogP contribution in [0, 0.1) is 5.92 Å². The third kappa shape index (κ3) is 7.20. The van der Waals surface area contributed by atoms with Gasteiger partial charge in [-0.1, -0.05) is 27.7 Å². The zero-order valence-electron chi connectivity index (χ0n) is 11.9. The van der Waals surface area contributed by atoms with Crippen molar-refractivity contribution < 1.29 is 5.11 Å². The van der Waals surface area contributed by atoms with E-state index >= 15 is 0 Å². The van der Waals surface area contributed by atoms with Gasteiger partial charge in [0.05, 0.1) is 6.61 Å². The predicted molar refractivity (Wildman–Crippen MR) is 70.7 cm³/mol. The van der Waals surface area contributed by atoms with Crippen molar-refractivity contribution in [3.8, 4) is 0 Å². The van der Waals surface area contributed by atoms with Crippen molar-refractivity contribution in [3.63, 3.8) is 0 Å². The fourth-order valence-electron chi connectivity index (χ4n) is 2.05. The van der Waals surface area contributed by atoms with Crippen LogP contribution in [0.3, 0.4) is 0 Å². The molecule has 98 valence electrons. The molecule has 2 N–H and O–H groups in total. The zero-order chi connectivity index (χ0) is 12.8. The van der Waals surface area contributed by atoms with Gasteiger partial charge < -0.3 is 15.3 Å². The highest BCUT2D eigenvalue weighted by molar-refractivity contribution is 4.84. The average molecular weight is 230 g/mol. The summed E-state index contributed by atoms with van der Waals surface area (Å²) in [5.41, 5.74) is -0.153. The molecule has 0 fully saturated rings. The van der Waals surface area contributed by atoms with Crippen molar-refractivity contribution in [2.45, 2.75) is 52.6 Å². The van der Waals surface area contributed by atoms with E-state index < -0.39 is 0 Å². The number of nitrogens with one attached hydrogen (secondary N) is 1. The van der Waals surface area contributed by atoms with Crippen molar-refractivity contribution in [1.29, 1.82) is 0 Å². The Kier molecular flexibility index (Phi) is 7.20. The molecule has 0 aromatic rings. The number of hydrogen-bond donors (Lipinski definition) is 2. The number of aliphatic hydroxyl groups is 1. The van der Waals surface area contributed by atoms with Gasteiger partial charge in [0.25, 0.3) is 0 Å². The lowest BCUT2D eigenvalue weighted by Crippen LogP contribution is -2.50. The Hall–Kier alpha value is -0.120. The highest BCUT2D eigenvalue weighted by Crippen LogP contribution is 2.11. The first-order chi connectivity index (χ1) is 7.29. The van der Waals surface area contributed by atoms with Gasteiger partial charge in [0, 0.05) is 18.1 Å². The van der Waals surface area contributed by atoms with Gasteiger partial charge in [0.2, 0.25) is 0 Å². The SMILES string of the molecule is CC(C)CN(C)CCC(C)(CO)NC(C)C. The summed E-state index contributed by atoms with van der Waals surface area (Å²) >= 11 is 0. The molecule has 0 radical (unpaired) electrons. The molecule has 0 aliphatic carbocycles.